The third-order valence-electron chi connectivity index (χ3n) is 0.354. The topological polar surface area (TPSA) is 136 Å². The third-order valence-corrected chi connectivity index (χ3v) is 0.354. The van der Waals surface area contributed by atoms with Gasteiger partial charge >= 0.3 is 38.1 Å². The van der Waals surface area contributed by atoms with E-state index in [0.717, 1.165) is 0 Å². The Kier molecular flexibility index (Phi) is 16.8. The molecule has 8 nitrogen and oxygen atoms in total. The van der Waals surface area contributed by atoms with Crippen LogP contribution in [0.5, 0.6) is 0 Å². The van der Waals surface area contributed by atoms with Gasteiger partial charge in [0.1, 0.15) is 0 Å². The van der Waals surface area contributed by atoms with Gasteiger partial charge in [-0.2, -0.15) is 4.89 Å². The summed E-state index contributed by atoms with van der Waals surface area (Å²) in [6.45, 7) is -1.36. The fraction of sp³-hybridized carbons (Fsp3) is 0.333. The van der Waals surface area contributed by atoms with E-state index in [1.807, 2.05) is 0 Å². The standard InChI is InChI=1S/C3H3FO5.BH2O3.Li/c4-1-8-9-3(7)2(5)6;2-1(3)4;/h1H2,(H,5,6);2-3H;/q;-1;+1. The first-order valence-corrected chi connectivity index (χ1v) is 2.56. The van der Waals surface area contributed by atoms with Crippen molar-refractivity contribution < 1.29 is 62.8 Å². The van der Waals surface area contributed by atoms with Crippen molar-refractivity contribution in [3.8, 4) is 0 Å². The first kappa shape index (κ1) is 19.0. The van der Waals surface area contributed by atoms with E-state index in [2.05, 4.69) is 9.78 Å². The molecule has 76 valence electrons. The van der Waals surface area contributed by atoms with Gasteiger partial charge in [-0.1, -0.05) is 0 Å². The second-order valence-corrected chi connectivity index (χ2v) is 1.23. The average molecular weight is 206 g/mol. The first-order chi connectivity index (χ1) is 5.91. The molecule has 0 saturated heterocycles. The van der Waals surface area contributed by atoms with Crippen molar-refractivity contribution in [2.45, 2.75) is 0 Å². The van der Waals surface area contributed by atoms with E-state index < -0.39 is 26.1 Å². The van der Waals surface area contributed by atoms with Crippen LogP contribution in [0.3, 0.4) is 0 Å². The summed E-state index contributed by atoms with van der Waals surface area (Å²) in [5, 5.41) is 30.5. The van der Waals surface area contributed by atoms with Gasteiger partial charge in [-0.3, -0.25) is 4.89 Å². The van der Waals surface area contributed by atoms with Gasteiger partial charge in [0.2, 0.25) is 6.86 Å². The molecule has 0 unspecified atom stereocenters. The SMILES string of the molecule is O=C(O)C(=O)OOCF.[Li+].[O-]B(O)O. The van der Waals surface area contributed by atoms with Crippen molar-refractivity contribution in [2.75, 3.05) is 6.86 Å². The van der Waals surface area contributed by atoms with E-state index in [1.165, 1.54) is 0 Å². The van der Waals surface area contributed by atoms with Crippen molar-refractivity contribution in [3.63, 3.8) is 0 Å². The number of alkyl halides is 1. The van der Waals surface area contributed by atoms with Crippen molar-refractivity contribution in [1.29, 1.82) is 0 Å². The van der Waals surface area contributed by atoms with Gasteiger partial charge in [0.15, 0.2) is 0 Å². The molecule has 0 bridgehead atoms. The Morgan fingerprint density at radius 1 is 1.43 bits per heavy atom. The molecule has 0 spiro atoms. The van der Waals surface area contributed by atoms with E-state index in [-0.39, 0.29) is 18.9 Å². The van der Waals surface area contributed by atoms with Gasteiger partial charge in [-0.15, -0.1) is 0 Å². The fourth-order valence-corrected chi connectivity index (χ4v) is 0.111. The zero-order valence-corrected chi connectivity index (χ0v) is 7.05. The quantitative estimate of drug-likeness (QED) is 0.175. The third kappa shape index (κ3) is 22.5. The number of carbonyl (C=O) groups excluding carboxylic acids is 1. The smallest absolute Gasteiger partial charge is 0.832 e. The summed E-state index contributed by atoms with van der Waals surface area (Å²) in [6.07, 6.45) is 0. The molecule has 0 fully saturated rings. The van der Waals surface area contributed by atoms with E-state index in [0.29, 0.717) is 0 Å². The molecule has 0 aliphatic rings. The molecule has 0 aliphatic heterocycles. The molecule has 0 aromatic heterocycles. The van der Waals surface area contributed by atoms with Crippen LogP contribution in [0.2, 0.25) is 0 Å². The van der Waals surface area contributed by atoms with Gasteiger partial charge < -0.3 is 20.2 Å². The number of hydrogen-bond acceptors (Lipinski definition) is 7. The Labute approximate surface area is 89.5 Å². The van der Waals surface area contributed by atoms with Crippen LogP contribution in [0.25, 0.3) is 0 Å². The summed E-state index contributed by atoms with van der Waals surface area (Å²) in [5.74, 6) is -3.48. The maximum Gasteiger partial charge on any atom is 1.00 e. The molecular formula is C3H5BFLiO8. The minimum absolute atomic E-state index is 0. The molecule has 0 aliphatic carbocycles. The molecule has 3 N–H and O–H groups in total. The minimum Gasteiger partial charge on any atom is -0.832 e. The molecule has 0 rings (SSSR count). The van der Waals surface area contributed by atoms with E-state index in [9.17, 15) is 14.0 Å². The van der Waals surface area contributed by atoms with Gasteiger partial charge in [0.25, 0.3) is 0 Å². The molecule has 0 saturated carbocycles. The zero-order valence-electron chi connectivity index (χ0n) is 7.05. The molecule has 0 aromatic carbocycles. The van der Waals surface area contributed by atoms with E-state index in [4.69, 9.17) is 20.2 Å². The Bertz CT molecular complexity index is 162. The fourth-order valence-electron chi connectivity index (χ4n) is 0.111. The van der Waals surface area contributed by atoms with E-state index in [1.54, 1.807) is 0 Å². The number of carboxylic acids is 1. The number of hydrogen-bond donors (Lipinski definition) is 3. The van der Waals surface area contributed by atoms with Crippen LogP contribution in [0.15, 0.2) is 0 Å². The van der Waals surface area contributed by atoms with Crippen LogP contribution in [0.1, 0.15) is 0 Å². The number of aliphatic carboxylic acids is 1. The Morgan fingerprint density at radius 3 is 2.00 bits per heavy atom. The van der Waals surface area contributed by atoms with Gasteiger partial charge in [-0.25, -0.2) is 14.0 Å². The van der Waals surface area contributed by atoms with Crippen molar-refractivity contribution in [3.05, 3.63) is 0 Å². The molecular weight excluding hydrogens is 201 g/mol. The monoisotopic (exact) mass is 206 g/mol. The number of carboxylic acid groups (broad SMARTS) is 1. The van der Waals surface area contributed by atoms with Crippen LogP contribution in [-0.2, 0) is 19.4 Å². The van der Waals surface area contributed by atoms with Crippen LogP contribution in [-0.4, -0.2) is 41.3 Å². The molecule has 14 heavy (non-hydrogen) atoms. The van der Waals surface area contributed by atoms with E-state index >= 15 is 0 Å². The molecule has 0 aromatic rings. The summed E-state index contributed by atoms with van der Waals surface area (Å²) in [6, 6.07) is 0. The van der Waals surface area contributed by atoms with Gasteiger partial charge in [0, 0.05) is 0 Å². The van der Waals surface area contributed by atoms with Crippen LogP contribution in [0, 0.1) is 0 Å². The molecule has 0 amide bonds. The maximum atomic E-state index is 10.9. The van der Waals surface area contributed by atoms with Gasteiger partial charge in [0.05, 0.1) is 0 Å². The van der Waals surface area contributed by atoms with Gasteiger partial charge in [-0.05, 0) is 0 Å². The predicted molar refractivity (Wildman–Crippen MR) is 31.0 cm³/mol. The zero-order chi connectivity index (χ0) is 10.9. The number of halogens is 1. The Morgan fingerprint density at radius 2 is 1.79 bits per heavy atom. The van der Waals surface area contributed by atoms with Crippen molar-refractivity contribution in [2.24, 2.45) is 0 Å². The average Bonchev–Trinajstić information content (AvgIpc) is 1.98. The largest absolute Gasteiger partial charge is 1.00 e. The summed E-state index contributed by atoms with van der Waals surface area (Å²) in [7, 11) is -2.42. The van der Waals surface area contributed by atoms with Crippen molar-refractivity contribution in [1.82, 2.24) is 0 Å². The Hall–Kier alpha value is -0.628. The minimum atomic E-state index is -2.42. The van der Waals surface area contributed by atoms with Crippen LogP contribution < -0.4 is 23.9 Å². The van der Waals surface area contributed by atoms with Crippen LogP contribution >= 0.6 is 0 Å². The summed E-state index contributed by atoms with van der Waals surface area (Å²) >= 11 is 0. The molecule has 0 heterocycles. The van der Waals surface area contributed by atoms with Crippen LogP contribution in [0.4, 0.5) is 4.39 Å². The number of rotatable bonds is 2. The predicted octanol–water partition coefficient (Wildman–Crippen LogP) is -6.21. The molecule has 0 radical (unpaired) electrons. The normalized spacial score (nSPS) is 7.43. The maximum absolute atomic E-state index is 10.9. The Balaban J connectivity index is -0.000000209. The molecule has 11 heteroatoms. The van der Waals surface area contributed by atoms with Crippen molar-refractivity contribution >= 4 is 19.3 Å². The summed E-state index contributed by atoms with van der Waals surface area (Å²) in [4.78, 5) is 26.0. The molecule has 0 atom stereocenters. The summed E-state index contributed by atoms with van der Waals surface area (Å²) in [5.41, 5.74) is 0. The second kappa shape index (κ2) is 12.4. The first-order valence-electron chi connectivity index (χ1n) is 2.56. The summed E-state index contributed by atoms with van der Waals surface area (Å²) < 4.78 is 10.9. The second-order valence-electron chi connectivity index (χ2n) is 1.23. The number of carbonyl (C=O) groups is 2.